The van der Waals surface area contributed by atoms with Crippen molar-refractivity contribution in [3.63, 3.8) is 0 Å². The van der Waals surface area contributed by atoms with Gasteiger partial charge in [0.1, 0.15) is 5.69 Å². The SMILES string of the molecule is COC(=O)c1cc(CNC(=O)c2cc(C(C)C)[nH]n2)cc(NC(=O)c2ccccc2Cl)c1. The zero-order valence-electron chi connectivity index (χ0n) is 17.9. The molecule has 0 aliphatic heterocycles. The number of halogens is 1. The molecular formula is C23H23ClN4O4. The van der Waals surface area contributed by atoms with Crippen LogP contribution in [0.5, 0.6) is 0 Å². The number of hydrogen-bond acceptors (Lipinski definition) is 5. The molecule has 3 N–H and O–H groups in total. The van der Waals surface area contributed by atoms with Crippen LogP contribution < -0.4 is 10.6 Å². The van der Waals surface area contributed by atoms with Gasteiger partial charge in [0.25, 0.3) is 11.8 Å². The Kier molecular flexibility index (Phi) is 7.27. The maximum atomic E-state index is 12.6. The molecule has 0 aliphatic rings. The molecule has 1 aromatic heterocycles. The van der Waals surface area contributed by atoms with E-state index >= 15 is 0 Å². The van der Waals surface area contributed by atoms with Crippen molar-refractivity contribution >= 4 is 35.1 Å². The normalized spacial score (nSPS) is 10.7. The van der Waals surface area contributed by atoms with Crippen LogP contribution in [0, 0.1) is 0 Å². The van der Waals surface area contributed by atoms with Crippen LogP contribution in [0.25, 0.3) is 0 Å². The molecule has 9 heteroatoms. The summed E-state index contributed by atoms with van der Waals surface area (Å²) in [6.45, 7) is 4.10. The van der Waals surface area contributed by atoms with Crippen molar-refractivity contribution in [3.05, 3.63) is 81.6 Å². The van der Waals surface area contributed by atoms with Gasteiger partial charge in [-0.3, -0.25) is 14.7 Å². The summed E-state index contributed by atoms with van der Waals surface area (Å²) in [6.07, 6.45) is 0. The molecule has 0 bridgehead atoms. The lowest BCUT2D eigenvalue weighted by molar-refractivity contribution is 0.0600. The van der Waals surface area contributed by atoms with Crippen LogP contribution in [-0.4, -0.2) is 35.1 Å². The van der Waals surface area contributed by atoms with Crippen molar-refractivity contribution < 1.29 is 19.1 Å². The third-order valence-electron chi connectivity index (χ3n) is 4.70. The van der Waals surface area contributed by atoms with E-state index in [-0.39, 0.29) is 29.6 Å². The average Bonchev–Trinajstić information content (AvgIpc) is 3.28. The average molecular weight is 455 g/mol. The van der Waals surface area contributed by atoms with Gasteiger partial charge in [0, 0.05) is 17.9 Å². The van der Waals surface area contributed by atoms with Gasteiger partial charge in [-0.15, -0.1) is 0 Å². The van der Waals surface area contributed by atoms with Crippen molar-refractivity contribution in [1.29, 1.82) is 0 Å². The predicted octanol–water partition coefficient (Wildman–Crippen LogP) is 4.16. The predicted molar refractivity (Wildman–Crippen MR) is 121 cm³/mol. The van der Waals surface area contributed by atoms with Crippen LogP contribution in [0.15, 0.2) is 48.5 Å². The second-order valence-electron chi connectivity index (χ2n) is 7.39. The van der Waals surface area contributed by atoms with Gasteiger partial charge >= 0.3 is 5.97 Å². The summed E-state index contributed by atoms with van der Waals surface area (Å²) in [4.78, 5) is 37.2. The van der Waals surface area contributed by atoms with E-state index in [4.69, 9.17) is 16.3 Å². The second-order valence-corrected chi connectivity index (χ2v) is 7.80. The van der Waals surface area contributed by atoms with E-state index in [1.165, 1.54) is 13.2 Å². The van der Waals surface area contributed by atoms with Gasteiger partial charge in [0.05, 0.1) is 23.3 Å². The number of nitrogens with zero attached hydrogens (tertiary/aromatic N) is 1. The fourth-order valence-corrected chi connectivity index (χ4v) is 3.19. The van der Waals surface area contributed by atoms with Crippen molar-refractivity contribution in [2.24, 2.45) is 0 Å². The molecule has 3 aromatic rings. The Hall–Kier alpha value is -3.65. The Morgan fingerprint density at radius 3 is 2.50 bits per heavy atom. The number of carbonyl (C=O) groups is 3. The molecule has 8 nitrogen and oxygen atoms in total. The smallest absolute Gasteiger partial charge is 0.337 e. The highest BCUT2D eigenvalue weighted by Crippen LogP contribution is 2.20. The fraction of sp³-hybridized carbons (Fsp3) is 0.217. The zero-order chi connectivity index (χ0) is 23.3. The molecule has 0 atom stereocenters. The first kappa shape index (κ1) is 23.0. The van der Waals surface area contributed by atoms with Gasteiger partial charge < -0.3 is 15.4 Å². The summed E-state index contributed by atoms with van der Waals surface area (Å²) >= 11 is 6.09. The third kappa shape index (κ3) is 5.53. The molecule has 3 rings (SSSR count). The Labute approximate surface area is 190 Å². The third-order valence-corrected chi connectivity index (χ3v) is 5.03. The van der Waals surface area contributed by atoms with Crippen LogP contribution in [0.3, 0.4) is 0 Å². The minimum absolute atomic E-state index is 0.114. The molecule has 0 saturated carbocycles. The van der Waals surface area contributed by atoms with E-state index in [0.29, 0.717) is 21.8 Å². The van der Waals surface area contributed by atoms with Crippen LogP contribution >= 0.6 is 11.6 Å². The number of methoxy groups -OCH3 is 1. The summed E-state index contributed by atoms with van der Waals surface area (Å²) in [7, 11) is 1.27. The molecule has 0 saturated heterocycles. The minimum atomic E-state index is -0.569. The molecule has 166 valence electrons. The van der Waals surface area contributed by atoms with Gasteiger partial charge in [0.15, 0.2) is 0 Å². The number of nitrogens with one attached hydrogen (secondary N) is 3. The summed E-state index contributed by atoms with van der Waals surface area (Å²) in [5, 5.41) is 12.7. The lowest BCUT2D eigenvalue weighted by atomic mass is 10.1. The highest BCUT2D eigenvalue weighted by molar-refractivity contribution is 6.34. The van der Waals surface area contributed by atoms with Crippen LogP contribution in [0.2, 0.25) is 5.02 Å². The fourth-order valence-electron chi connectivity index (χ4n) is 2.97. The Morgan fingerprint density at radius 1 is 1.09 bits per heavy atom. The molecular weight excluding hydrogens is 432 g/mol. The van der Waals surface area contributed by atoms with Crippen LogP contribution in [0.4, 0.5) is 5.69 Å². The number of aromatic nitrogens is 2. The molecule has 0 unspecified atom stereocenters. The molecule has 2 amide bonds. The van der Waals surface area contributed by atoms with Crippen molar-refractivity contribution in [1.82, 2.24) is 15.5 Å². The van der Waals surface area contributed by atoms with E-state index in [9.17, 15) is 14.4 Å². The zero-order valence-corrected chi connectivity index (χ0v) is 18.6. The first-order chi connectivity index (χ1) is 15.3. The van der Waals surface area contributed by atoms with Gasteiger partial charge in [0.2, 0.25) is 0 Å². The van der Waals surface area contributed by atoms with E-state index in [2.05, 4.69) is 20.8 Å². The number of benzene rings is 2. The molecule has 2 aromatic carbocycles. The Morgan fingerprint density at radius 2 is 1.84 bits per heavy atom. The molecule has 0 radical (unpaired) electrons. The molecule has 0 aliphatic carbocycles. The topological polar surface area (TPSA) is 113 Å². The molecule has 1 heterocycles. The number of H-pyrrole nitrogens is 1. The van der Waals surface area contributed by atoms with Gasteiger partial charge in [-0.05, 0) is 47.9 Å². The van der Waals surface area contributed by atoms with Gasteiger partial charge in [-0.1, -0.05) is 37.6 Å². The highest BCUT2D eigenvalue weighted by atomic mass is 35.5. The number of carbonyl (C=O) groups excluding carboxylic acids is 3. The standard InChI is InChI=1S/C23H23ClN4O4/c1-13(2)19-11-20(28-27-19)22(30)25-12-14-8-15(23(31)32-3)10-16(9-14)26-21(29)17-6-4-5-7-18(17)24/h4-11,13H,12H2,1-3H3,(H,25,30)(H,26,29)(H,27,28). The molecule has 0 fully saturated rings. The van der Waals surface area contributed by atoms with E-state index in [0.717, 1.165) is 5.69 Å². The monoisotopic (exact) mass is 454 g/mol. The summed E-state index contributed by atoms with van der Waals surface area (Å²) in [5.41, 5.74) is 2.61. The van der Waals surface area contributed by atoms with E-state index in [1.807, 2.05) is 13.8 Å². The van der Waals surface area contributed by atoms with Crippen LogP contribution in [0.1, 0.15) is 62.2 Å². The number of amides is 2. The number of ether oxygens (including phenoxy) is 1. The second kappa shape index (κ2) is 10.1. The lowest BCUT2D eigenvalue weighted by Gasteiger charge is -2.11. The van der Waals surface area contributed by atoms with Crippen molar-refractivity contribution in [3.8, 4) is 0 Å². The van der Waals surface area contributed by atoms with Crippen molar-refractivity contribution in [2.45, 2.75) is 26.3 Å². The minimum Gasteiger partial charge on any atom is -0.465 e. The first-order valence-corrected chi connectivity index (χ1v) is 10.3. The maximum Gasteiger partial charge on any atom is 0.337 e. The molecule has 0 spiro atoms. The summed E-state index contributed by atoms with van der Waals surface area (Å²) in [6, 6.07) is 13.1. The lowest BCUT2D eigenvalue weighted by Crippen LogP contribution is -2.23. The van der Waals surface area contributed by atoms with E-state index in [1.54, 1.807) is 42.5 Å². The highest BCUT2D eigenvalue weighted by Gasteiger charge is 2.15. The number of rotatable bonds is 7. The number of aromatic amines is 1. The molecule has 32 heavy (non-hydrogen) atoms. The Balaban J connectivity index is 1.79. The maximum absolute atomic E-state index is 12.6. The summed E-state index contributed by atoms with van der Waals surface area (Å²) < 4.78 is 4.80. The van der Waals surface area contributed by atoms with Gasteiger partial charge in [-0.25, -0.2) is 4.79 Å². The largest absolute Gasteiger partial charge is 0.465 e. The van der Waals surface area contributed by atoms with Crippen molar-refractivity contribution in [2.75, 3.05) is 12.4 Å². The summed E-state index contributed by atoms with van der Waals surface area (Å²) in [5.74, 6) is -1.14. The Bertz CT molecular complexity index is 1160. The number of esters is 1. The quantitative estimate of drug-likeness (QED) is 0.464. The number of hydrogen-bond donors (Lipinski definition) is 3. The number of anilines is 1. The van der Waals surface area contributed by atoms with E-state index < -0.39 is 11.9 Å². The van der Waals surface area contributed by atoms with Crippen LogP contribution in [-0.2, 0) is 11.3 Å². The first-order valence-electron chi connectivity index (χ1n) is 9.90. The van der Waals surface area contributed by atoms with Gasteiger partial charge in [-0.2, -0.15) is 5.10 Å².